The van der Waals surface area contributed by atoms with Crippen LogP contribution >= 0.6 is 11.8 Å². The lowest BCUT2D eigenvalue weighted by Crippen LogP contribution is -2.01. The normalized spacial score (nSPS) is 10.2. The van der Waals surface area contributed by atoms with Gasteiger partial charge in [-0.25, -0.2) is 9.97 Å². The number of hydrogen-bond acceptors (Lipinski definition) is 6. The van der Waals surface area contributed by atoms with Crippen molar-refractivity contribution in [3.8, 4) is 5.75 Å². The summed E-state index contributed by atoms with van der Waals surface area (Å²) in [4.78, 5) is 8.57. The van der Waals surface area contributed by atoms with Crippen molar-refractivity contribution in [3.63, 3.8) is 0 Å². The zero-order valence-electron chi connectivity index (χ0n) is 10.9. The van der Waals surface area contributed by atoms with Crippen molar-refractivity contribution in [1.82, 2.24) is 9.97 Å². The largest absolute Gasteiger partial charge is 0.495 e. The number of nitrogen functional groups attached to an aromatic ring is 1. The molecular formula is C13H16N4OS. The van der Waals surface area contributed by atoms with Crippen molar-refractivity contribution in [1.29, 1.82) is 0 Å². The number of thioether (sulfide) groups is 1. The zero-order valence-corrected chi connectivity index (χ0v) is 11.7. The highest BCUT2D eigenvalue weighted by Gasteiger charge is 2.06. The van der Waals surface area contributed by atoms with E-state index in [2.05, 4.69) is 15.3 Å². The number of nitrogens with one attached hydrogen (secondary N) is 1. The molecule has 2 rings (SSSR count). The second-order valence-electron chi connectivity index (χ2n) is 3.72. The van der Waals surface area contributed by atoms with Crippen molar-refractivity contribution in [2.75, 3.05) is 23.9 Å². The smallest absolute Gasteiger partial charge is 0.191 e. The first kappa shape index (κ1) is 13.5. The van der Waals surface area contributed by atoms with Crippen LogP contribution in [-0.4, -0.2) is 22.8 Å². The van der Waals surface area contributed by atoms with Crippen LogP contribution in [0, 0.1) is 0 Å². The Labute approximate surface area is 116 Å². The summed E-state index contributed by atoms with van der Waals surface area (Å²) in [5.74, 6) is 2.76. The van der Waals surface area contributed by atoms with Gasteiger partial charge in [-0.2, -0.15) is 0 Å². The number of nitrogens with two attached hydrogens (primary N) is 1. The zero-order chi connectivity index (χ0) is 13.7. The highest BCUT2D eigenvalue weighted by Crippen LogP contribution is 2.27. The molecule has 0 atom stereocenters. The van der Waals surface area contributed by atoms with E-state index in [1.807, 2.05) is 31.2 Å². The Balaban J connectivity index is 2.27. The van der Waals surface area contributed by atoms with Gasteiger partial charge in [0.15, 0.2) is 5.16 Å². The van der Waals surface area contributed by atoms with Crippen molar-refractivity contribution < 1.29 is 4.74 Å². The first-order valence-corrected chi connectivity index (χ1v) is 6.89. The number of hydrogen-bond donors (Lipinski definition) is 2. The number of ether oxygens (including phenoxy) is 1. The fourth-order valence-electron chi connectivity index (χ4n) is 1.59. The van der Waals surface area contributed by atoms with E-state index in [-0.39, 0.29) is 0 Å². The molecule has 2 aromatic rings. The molecule has 6 heteroatoms. The molecule has 0 fully saturated rings. The van der Waals surface area contributed by atoms with Gasteiger partial charge < -0.3 is 15.8 Å². The van der Waals surface area contributed by atoms with Gasteiger partial charge in [-0.1, -0.05) is 30.8 Å². The molecule has 0 unspecified atom stereocenters. The lowest BCUT2D eigenvalue weighted by atomic mass is 10.3. The highest BCUT2D eigenvalue weighted by molar-refractivity contribution is 7.99. The third-order valence-corrected chi connectivity index (χ3v) is 3.10. The molecule has 0 saturated heterocycles. The molecule has 0 aliphatic heterocycles. The SMILES string of the molecule is CCSc1nc(N)cc(Nc2ccccc2OC)n1. The summed E-state index contributed by atoms with van der Waals surface area (Å²) >= 11 is 1.55. The standard InChI is InChI=1S/C13H16N4OS/c1-3-19-13-16-11(14)8-12(17-13)15-9-6-4-5-7-10(9)18-2/h4-8H,3H2,1-2H3,(H3,14,15,16,17). The van der Waals surface area contributed by atoms with E-state index in [0.717, 1.165) is 17.2 Å². The van der Waals surface area contributed by atoms with Crippen molar-refractivity contribution in [3.05, 3.63) is 30.3 Å². The molecule has 0 amide bonds. The summed E-state index contributed by atoms with van der Waals surface area (Å²) in [7, 11) is 1.63. The second kappa shape index (κ2) is 6.29. The van der Waals surface area contributed by atoms with Crippen LogP contribution in [0.5, 0.6) is 5.75 Å². The minimum Gasteiger partial charge on any atom is -0.495 e. The molecule has 3 N–H and O–H groups in total. The van der Waals surface area contributed by atoms with Gasteiger partial charge in [-0.05, 0) is 17.9 Å². The van der Waals surface area contributed by atoms with Crippen molar-refractivity contribution >= 4 is 29.1 Å². The maximum absolute atomic E-state index is 5.78. The quantitative estimate of drug-likeness (QED) is 0.646. The number of methoxy groups -OCH3 is 1. The number of para-hydroxylation sites is 2. The minimum atomic E-state index is 0.448. The monoisotopic (exact) mass is 276 g/mol. The number of anilines is 3. The highest BCUT2D eigenvalue weighted by atomic mass is 32.2. The fraction of sp³-hybridized carbons (Fsp3) is 0.231. The summed E-state index contributed by atoms with van der Waals surface area (Å²) in [5.41, 5.74) is 6.62. The Morgan fingerprint density at radius 2 is 2.11 bits per heavy atom. The summed E-state index contributed by atoms with van der Waals surface area (Å²) in [5, 5.41) is 3.86. The van der Waals surface area contributed by atoms with E-state index < -0.39 is 0 Å². The van der Waals surface area contributed by atoms with Gasteiger partial charge in [-0.15, -0.1) is 0 Å². The summed E-state index contributed by atoms with van der Waals surface area (Å²) in [6.45, 7) is 2.05. The van der Waals surface area contributed by atoms with E-state index in [1.54, 1.807) is 24.9 Å². The molecule has 0 bridgehead atoms. The van der Waals surface area contributed by atoms with Gasteiger partial charge in [0, 0.05) is 6.07 Å². The second-order valence-corrected chi connectivity index (χ2v) is 4.95. The molecular weight excluding hydrogens is 260 g/mol. The lowest BCUT2D eigenvalue weighted by Gasteiger charge is -2.11. The predicted molar refractivity (Wildman–Crippen MR) is 79.1 cm³/mol. The Hall–Kier alpha value is -1.95. The number of benzene rings is 1. The van der Waals surface area contributed by atoms with Crippen molar-refractivity contribution in [2.45, 2.75) is 12.1 Å². The van der Waals surface area contributed by atoms with Crippen LogP contribution in [0.25, 0.3) is 0 Å². The number of rotatable bonds is 5. The van der Waals surface area contributed by atoms with Gasteiger partial charge >= 0.3 is 0 Å². The van der Waals surface area contributed by atoms with Gasteiger partial charge in [0.25, 0.3) is 0 Å². The van der Waals surface area contributed by atoms with Crippen LogP contribution in [0.3, 0.4) is 0 Å². The lowest BCUT2D eigenvalue weighted by molar-refractivity contribution is 0.417. The molecule has 1 heterocycles. The summed E-state index contributed by atoms with van der Waals surface area (Å²) in [6.07, 6.45) is 0. The summed E-state index contributed by atoms with van der Waals surface area (Å²) in [6, 6.07) is 9.35. The van der Waals surface area contributed by atoms with Crippen LogP contribution in [0.2, 0.25) is 0 Å². The number of nitrogens with zero attached hydrogens (tertiary/aromatic N) is 2. The summed E-state index contributed by atoms with van der Waals surface area (Å²) < 4.78 is 5.28. The van der Waals surface area contributed by atoms with Crippen LogP contribution in [0.15, 0.2) is 35.5 Å². The fourth-order valence-corrected chi connectivity index (χ4v) is 2.18. The molecule has 100 valence electrons. The Bertz CT molecular complexity index is 562. The molecule has 0 aliphatic rings. The molecule has 0 aliphatic carbocycles. The molecule has 1 aromatic carbocycles. The number of aromatic nitrogens is 2. The maximum atomic E-state index is 5.78. The predicted octanol–water partition coefficient (Wildman–Crippen LogP) is 2.92. The van der Waals surface area contributed by atoms with Crippen LogP contribution < -0.4 is 15.8 Å². The van der Waals surface area contributed by atoms with Crippen LogP contribution in [-0.2, 0) is 0 Å². The Morgan fingerprint density at radius 1 is 1.32 bits per heavy atom. The van der Waals surface area contributed by atoms with Crippen LogP contribution in [0.1, 0.15) is 6.92 Å². The van der Waals surface area contributed by atoms with Crippen LogP contribution in [0.4, 0.5) is 17.3 Å². The Morgan fingerprint density at radius 3 is 2.84 bits per heavy atom. The first-order valence-electron chi connectivity index (χ1n) is 5.90. The Kier molecular flexibility index (Phi) is 4.46. The molecule has 0 radical (unpaired) electrons. The van der Waals surface area contributed by atoms with Gasteiger partial charge in [0.2, 0.25) is 0 Å². The van der Waals surface area contributed by atoms with Crippen molar-refractivity contribution in [2.24, 2.45) is 0 Å². The molecule has 0 saturated carbocycles. The molecule has 19 heavy (non-hydrogen) atoms. The van der Waals surface area contributed by atoms with E-state index in [1.165, 1.54) is 0 Å². The topological polar surface area (TPSA) is 73.1 Å². The van der Waals surface area contributed by atoms with Gasteiger partial charge in [0.1, 0.15) is 17.4 Å². The third-order valence-electron chi connectivity index (χ3n) is 2.37. The first-order chi connectivity index (χ1) is 9.22. The van der Waals surface area contributed by atoms with E-state index in [0.29, 0.717) is 16.8 Å². The average Bonchev–Trinajstić information content (AvgIpc) is 2.39. The maximum Gasteiger partial charge on any atom is 0.191 e. The van der Waals surface area contributed by atoms with E-state index in [9.17, 15) is 0 Å². The average molecular weight is 276 g/mol. The van der Waals surface area contributed by atoms with E-state index in [4.69, 9.17) is 10.5 Å². The minimum absolute atomic E-state index is 0.448. The molecule has 5 nitrogen and oxygen atoms in total. The van der Waals surface area contributed by atoms with E-state index >= 15 is 0 Å². The molecule has 1 aromatic heterocycles. The van der Waals surface area contributed by atoms with Gasteiger partial charge in [0.05, 0.1) is 12.8 Å². The molecule has 0 spiro atoms. The van der Waals surface area contributed by atoms with Gasteiger partial charge in [-0.3, -0.25) is 0 Å². The third kappa shape index (κ3) is 3.51.